The maximum absolute atomic E-state index is 9.49. The molecule has 0 fully saturated rings. The molecule has 4 heteroatoms. The van der Waals surface area contributed by atoms with Crippen molar-refractivity contribution in [1.29, 1.82) is 0 Å². The summed E-state index contributed by atoms with van der Waals surface area (Å²) >= 11 is 1.75. The normalized spacial score (nSPS) is 11.7. The van der Waals surface area contributed by atoms with E-state index in [0.717, 1.165) is 12.8 Å². The van der Waals surface area contributed by atoms with E-state index in [0.29, 0.717) is 5.75 Å². The van der Waals surface area contributed by atoms with Gasteiger partial charge in [-0.25, -0.2) is 11.6 Å². The molecule has 0 heterocycles. The molecule has 1 nitrogen and oxygen atoms in total. The van der Waals surface area contributed by atoms with Crippen molar-refractivity contribution >= 4 is 4.82 Å². The maximum atomic E-state index is 9.49. The predicted octanol–water partition coefficient (Wildman–Crippen LogP) is -1.08. The molecular formula is C19H27Cl2OTi-2. The minimum atomic E-state index is 0. The van der Waals surface area contributed by atoms with Crippen molar-refractivity contribution in [3.8, 4) is 5.75 Å². The van der Waals surface area contributed by atoms with Gasteiger partial charge in [0.25, 0.3) is 0 Å². The summed E-state index contributed by atoms with van der Waals surface area (Å²) in [7, 11) is 0. The van der Waals surface area contributed by atoms with E-state index in [1.165, 1.54) is 16.7 Å². The standard InChI is InChI=1S/C12H18O.C6H7.CH2.2ClH.Ti/c1-5-9-6-10(12(2,3)4)8-11(13)7-9;1-6-4-2-3-5-6;;;;/h6-8,13H,5H2,1-4H3;2,4H,3H2,1H3;1H2;2*1H;/q;-1;;;;+1/p-2. The van der Waals surface area contributed by atoms with Crippen molar-refractivity contribution < 1.29 is 49.9 Å². The summed E-state index contributed by atoms with van der Waals surface area (Å²) in [4.78, 5) is 3.25. The second-order valence-corrected chi connectivity index (χ2v) is 5.96. The van der Waals surface area contributed by atoms with E-state index in [4.69, 9.17) is 0 Å². The average Bonchev–Trinajstić information content (AvgIpc) is 2.91. The van der Waals surface area contributed by atoms with Gasteiger partial charge in [-0.05, 0) is 35.1 Å². The Kier molecular flexibility index (Phi) is 16.8. The monoisotopic (exact) mass is 389 g/mol. The van der Waals surface area contributed by atoms with E-state index in [9.17, 15) is 5.11 Å². The van der Waals surface area contributed by atoms with Crippen LogP contribution in [0.1, 0.15) is 52.2 Å². The van der Waals surface area contributed by atoms with Crippen LogP contribution in [0.25, 0.3) is 0 Å². The van der Waals surface area contributed by atoms with Crippen LogP contribution in [0.15, 0.2) is 35.9 Å². The number of phenolic OH excluding ortho intramolecular Hbond substituents is 1. The Balaban J connectivity index is -0.000000340. The number of hydrogen-bond donors (Lipinski definition) is 1. The second kappa shape index (κ2) is 14.0. The van der Waals surface area contributed by atoms with Crippen molar-refractivity contribution in [3.63, 3.8) is 0 Å². The van der Waals surface area contributed by atoms with E-state index in [1.807, 2.05) is 12.1 Å². The third kappa shape index (κ3) is 11.8. The average molecular weight is 390 g/mol. The zero-order valence-corrected chi connectivity index (χ0v) is 17.8. The summed E-state index contributed by atoms with van der Waals surface area (Å²) in [6.45, 7) is 10.6. The first-order chi connectivity index (χ1) is 9.82. The third-order valence-electron chi connectivity index (χ3n) is 3.12. The number of benzene rings is 1. The van der Waals surface area contributed by atoms with E-state index < -0.39 is 0 Å². The van der Waals surface area contributed by atoms with Gasteiger partial charge in [0.1, 0.15) is 5.75 Å². The molecule has 0 saturated heterocycles. The molecule has 1 aliphatic carbocycles. The first-order valence-electron chi connectivity index (χ1n) is 7.25. The van der Waals surface area contributed by atoms with Crippen LogP contribution in [-0.4, -0.2) is 9.92 Å². The molecular weight excluding hydrogens is 363 g/mol. The van der Waals surface area contributed by atoms with Gasteiger partial charge in [0, 0.05) is 0 Å². The SMILES string of the molecule is CC1=[C-]CC=C1.CCc1cc(O)cc(C(C)(C)C)c1.[CH2]=[Ti+].[Cl-].[Cl-]. The Morgan fingerprint density at radius 1 is 1.17 bits per heavy atom. The van der Waals surface area contributed by atoms with Crippen molar-refractivity contribution in [3.05, 3.63) is 53.1 Å². The Hall–Kier alpha value is -0.336. The molecule has 0 amide bonds. The molecule has 2 rings (SSSR count). The quantitative estimate of drug-likeness (QED) is 0.478. The molecule has 1 aromatic carbocycles. The fourth-order valence-electron chi connectivity index (χ4n) is 1.83. The molecule has 0 saturated carbocycles. The van der Waals surface area contributed by atoms with Crippen LogP contribution in [0, 0.1) is 6.08 Å². The Morgan fingerprint density at radius 2 is 1.74 bits per heavy atom. The fraction of sp³-hybridized carbons (Fsp3) is 0.421. The van der Waals surface area contributed by atoms with E-state index in [2.05, 4.69) is 63.7 Å². The predicted molar refractivity (Wildman–Crippen MR) is 89.5 cm³/mol. The van der Waals surface area contributed by atoms with Crippen LogP contribution >= 0.6 is 0 Å². The van der Waals surface area contributed by atoms with Crippen LogP contribution in [0.5, 0.6) is 5.75 Å². The molecule has 0 unspecified atom stereocenters. The van der Waals surface area contributed by atoms with Gasteiger partial charge >= 0.3 is 24.8 Å². The summed E-state index contributed by atoms with van der Waals surface area (Å²) in [6.07, 6.45) is 9.30. The molecule has 0 aliphatic heterocycles. The van der Waals surface area contributed by atoms with Crippen molar-refractivity contribution in [1.82, 2.24) is 0 Å². The minimum absolute atomic E-state index is 0. The fourth-order valence-corrected chi connectivity index (χ4v) is 1.83. The third-order valence-corrected chi connectivity index (χ3v) is 3.12. The van der Waals surface area contributed by atoms with Crippen molar-refractivity contribution in [2.45, 2.75) is 52.9 Å². The van der Waals surface area contributed by atoms with Gasteiger partial charge in [0.15, 0.2) is 0 Å². The molecule has 23 heavy (non-hydrogen) atoms. The molecule has 0 radical (unpaired) electrons. The Morgan fingerprint density at radius 3 is 2.04 bits per heavy atom. The summed E-state index contributed by atoms with van der Waals surface area (Å²) in [6, 6.07) is 5.84. The Bertz CT molecular complexity index is 500. The summed E-state index contributed by atoms with van der Waals surface area (Å²) in [5.41, 5.74) is 3.78. The number of rotatable bonds is 1. The first kappa shape index (κ1) is 27.5. The van der Waals surface area contributed by atoms with Crippen molar-refractivity contribution in [2.24, 2.45) is 0 Å². The van der Waals surface area contributed by atoms with Gasteiger partial charge in [-0.1, -0.05) is 40.7 Å². The number of aromatic hydroxyl groups is 1. The number of halogens is 2. The topological polar surface area (TPSA) is 20.2 Å². The van der Waals surface area contributed by atoms with Gasteiger partial charge in [-0.3, -0.25) is 6.08 Å². The van der Waals surface area contributed by atoms with E-state index in [-0.39, 0.29) is 30.2 Å². The van der Waals surface area contributed by atoms with Gasteiger partial charge in [-0.2, -0.15) is 6.08 Å². The number of allylic oxidation sites excluding steroid dienone is 4. The van der Waals surface area contributed by atoms with Crippen molar-refractivity contribution in [2.75, 3.05) is 0 Å². The molecule has 1 N–H and O–H groups in total. The number of phenols is 1. The molecule has 0 atom stereocenters. The molecule has 0 aromatic heterocycles. The molecule has 1 aromatic rings. The number of hydrogen-bond acceptors (Lipinski definition) is 1. The van der Waals surface area contributed by atoms with Crippen LogP contribution in [-0.2, 0) is 31.8 Å². The van der Waals surface area contributed by atoms with Crippen LogP contribution < -0.4 is 24.8 Å². The molecule has 0 spiro atoms. The molecule has 0 bridgehead atoms. The maximum Gasteiger partial charge on any atom is -1.00 e. The van der Waals surface area contributed by atoms with E-state index in [1.54, 1.807) is 20.0 Å². The zero-order valence-electron chi connectivity index (χ0n) is 14.7. The van der Waals surface area contributed by atoms with Gasteiger partial charge in [0.2, 0.25) is 0 Å². The van der Waals surface area contributed by atoms with Gasteiger partial charge < -0.3 is 29.9 Å². The van der Waals surface area contributed by atoms with Crippen LogP contribution in [0.4, 0.5) is 0 Å². The number of aryl methyl sites for hydroxylation is 1. The second-order valence-electron chi connectivity index (χ2n) is 5.96. The van der Waals surface area contributed by atoms with Gasteiger partial charge in [-0.15, -0.1) is 6.42 Å². The zero-order chi connectivity index (χ0) is 16.5. The minimum Gasteiger partial charge on any atom is -1.00 e. The van der Waals surface area contributed by atoms with E-state index >= 15 is 0 Å². The van der Waals surface area contributed by atoms with Crippen LogP contribution in [0.2, 0.25) is 0 Å². The largest absolute Gasteiger partial charge is 1.00 e. The summed E-state index contributed by atoms with van der Waals surface area (Å²) < 4.78 is 0. The van der Waals surface area contributed by atoms with Crippen LogP contribution in [0.3, 0.4) is 0 Å². The first-order valence-corrected chi connectivity index (χ1v) is 8.36. The summed E-state index contributed by atoms with van der Waals surface area (Å²) in [5, 5.41) is 9.49. The Labute approximate surface area is 166 Å². The smallest absolute Gasteiger partial charge is 1.00 e. The van der Waals surface area contributed by atoms with Gasteiger partial charge in [0.05, 0.1) is 0 Å². The molecule has 129 valence electrons. The molecule has 1 aliphatic rings. The summed E-state index contributed by atoms with van der Waals surface area (Å²) in [5.74, 6) is 0.379.